The molecule has 1 aromatic heterocycles. The van der Waals surface area contributed by atoms with Gasteiger partial charge in [-0.15, -0.1) is 11.3 Å². The summed E-state index contributed by atoms with van der Waals surface area (Å²) in [6.45, 7) is 4.79. The number of rotatable bonds is 4. The molecule has 0 aliphatic rings. The number of nitriles is 1. The van der Waals surface area contributed by atoms with Crippen molar-refractivity contribution in [1.29, 1.82) is 5.26 Å². The number of hydrogen-bond acceptors (Lipinski definition) is 3. The van der Waals surface area contributed by atoms with E-state index in [0.717, 1.165) is 10.6 Å². The van der Waals surface area contributed by atoms with Gasteiger partial charge in [-0.25, -0.2) is 0 Å². The van der Waals surface area contributed by atoms with Crippen LogP contribution in [0.2, 0.25) is 0 Å². The second-order valence-corrected chi connectivity index (χ2v) is 5.38. The molecule has 1 heterocycles. The van der Waals surface area contributed by atoms with E-state index >= 15 is 0 Å². The van der Waals surface area contributed by atoms with Crippen LogP contribution < -0.4 is 4.74 Å². The molecule has 0 saturated carbocycles. The van der Waals surface area contributed by atoms with Crippen LogP contribution in [-0.4, -0.2) is 0 Å². The fourth-order valence-corrected chi connectivity index (χ4v) is 2.39. The summed E-state index contributed by atoms with van der Waals surface area (Å²) >= 11 is 1.55. The molecule has 2 rings (SSSR count). The van der Waals surface area contributed by atoms with Gasteiger partial charge in [-0.2, -0.15) is 5.26 Å². The van der Waals surface area contributed by atoms with E-state index in [1.807, 2.05) is 23.6 Å². The number of benzene rings is 1. The Hall–Kier alpha value is -1.79. The molecule has 0 saturated heterocycles. The molecule has 3 heteroatoms. The topological polar surface area (TPSA) is 33.0 Å². The summed E-state index contributed by atoms with van der Waals surface area (Å²) in [6, 6.07) is 12.1. The largest absolute Gasteiger partial charge is 0.488 e. The first-order valence-electron chi connectivity index (χ1n) is 5.90. The minimum absolute atomic E-state index is 0.460. The third kappa shape index (κ3) is 2.91. The zero-order chi connectivity index (χ0) is 13.0. The first-order chi connectivity index (χ1) is 8.70. The summed E-state index contributed by atoms with van der Waals surface area (Å²) in [7, 11) is 0. The molecule has 0 bridgehead atoms. The molecule has 0 radical (unpaired) electrons. The Balaban J connectivity index is 2.01. The predicted octanol–water partition coefficient (Wildman–Crippen LogP) is 4.32. The Morgan fingerprint density at radius 3 is 2.56 bits per heavy atom. The van der Waals surface area contributed by atoms with E-state index in [0.29, 0.717) is 18.1 Å². The summed E-state index contributed by atoms with van der Waals surface area (Å²) in [6.07, 6.45) is 0. The molecule has 0 amide bonds. The van der Waals surface area contributed by atoms with Crippen LogP contribution in [0, 0.1) is 11.3 Å². The lowest BCUT2D eigenvalue weighted by atomic mass is 10.0. The second-order valence-electron chi connectivity index (χ2n) is 4.38. The quantitative estimate of drug-likeness (QED) is 0.817. The molecule has 0 unspecified atom stereocenters. The van der Waals surface area contributed by atoms with E-state index in [2.05, 4.69) is 32.0 Å². The number of thiophene rings is 1. The van der Waals surface area contributed by atoms with Crippen molar-refractivity contribution < 1.29 is 4.74 Å². The summed E-state index contributed by atoms with van der Waals surface area (Å²) in [5.41, 5.74) is 2.01. The maximum Gasteiger partial charge on any atom is 0.124 e. The molecule has 0 atom stereocenters. The zero-order valence-electron chi connectivity index (χ0n) is 10.5. The first kappa shape index (κ1) is 12.7. The fourth-order valence-electron chi connectivity index (χ4n) is 1.65. The highest BCUT2D eigenvalue weighted by Crippen LogP contribution is 2.21. The van der Waals surface area contributed by atoms with Crippen molar-refractivity contribution in [2.45, 2.75) is 26.4 Å². The minimum atomic E-state index is 0.460. The molecule has 0 aliphatic carbocycles. The molecule has 0 spiro atoms. The van der Waals surface area contributed by atoms with Gasteiger partial charge in [0.2, 0.25) is 0 Å². The summed E-state index contributed by atoms with van der Waals surface area (Å²) in [5.74, 6) is 1.37. The van der Waals surface area contributed by atoms with Crippen molar-refractivity contribution in [3.8, 4) is 11.8 Å². The third-order valence-corrected chi connectivity index (χ3v) is 3.68. The molecular weight excluding hydrogens is 242 g/mol. The van der Waals surface area contributed by atoms with Gasteiger partial charge in [0, 0.05) is 0 Å². The predicted molar refractivity (Wildman–Crippen MR) is 73.9 cm³/mol. The lowest BCUT2D eigenvalue weighted by Gasteiger charge is -2.08. The summed E-state index contributed by atoms with van der Waals surface area (Å²) in [5, 5.41) is 10.8. The summed E-state index contributed by atoms with van der Waals surface area (Å²) < 4.78 is 5.69. The Bertz CT molecular complexity index is 549. The Kier molecular flexibility index (Phi) is 4.01. The molecule has 1 aromatic carbocycles. The minimum Gasteiger partial charge on any atom is -0.488 e. The van der Waals surface area contributed by atoms with E-state index in [4.69, 9.17) is 10.00 Å². The average Bonchev–Trinajstić information content (AvgIpc) is 2.84. The van der Waals surface area contributed by atoms with Crippen molar-refractivity contribution in [1.82, 2.24) is 0 Å². The van der Waals surface area contributed by atoms with Gasteiger partial charge in [-0.3, -0.25) is 0 Å². The highest BCUT2D eigenvalue weighted by molar-refractivity contribution is 7.10. The third-order valence-electron chi connectivity index (χ3n) is 2.78. The van der Waals surface area contributed by atoms with Crippen LogP contribution in [0.25, 0.3) is 0 Å². The van der Waals surface area contributed by atoms with Gasteiger partial charge in [-0.05, 0) is 35.1 Å². The van der Waals surface area contributed by atoms with Gasteiger partial charge >= 0.3 is 0 Å². The normalized spacial score (nSPS) is 10.3. The highest BCUT2D eigenvalue weighted by atomic mass is 32.1. The summed E-state index contributed by atoms with van der Waals surface area (Å²) in [4.78, 5) is 0.977. The second kappa shape index (κ2) is 5.70. The Morgan fingerprint density at radius 1 is 1.22 bits per heavy atom. The lowest BCUT2D eigenvalue weighted by Crippen LogP contribution is -1.95. The molecule has 2 aromatic rings. The van der Waals surface area contributed by atoms with Crippen molar-refractivity contribution in [3.05, 3.63) is 51.7 Å². The van der Waals surface area contributed by atoms with Gasteiger partial charge in [-0.1, -0.05) is 26.0 Å². The highest BCUT2D eigenvalue weighted by Gasteiger charge is 2.05. The van der Waals surface area contributed by atoms with Gasteiger partial charge in [0.1, 0.15) is 18.4 Å². The van der Waals surface area contributed by atoms with Crippen molar-refractivity contribution >= 4 is 11.3 Å². The zero-order valence-corrected chi connectivity index (χ0v) is 11.3. The van der Waals surface area contributed by atoms with Crippen LogP contribution in [0.15, 0.2) is 35.7 Å². The fraction of sp³-hybridized carbons (Fsp3) is 0.267. The molecule has 0 N–H and O–H groups in total. The maximum absolute atomic E-state index is 8.90. The maximum atomic E-state index is 8.90. The average molecular weight is 257 g/mol. The van der Waals surface area contributed by atoms with Crippen LogP contribution in [0.5, 0.6) is 5.75 Å². The van der Waals surface area contributed by atoms with Crippen molar-refractivity contribution in [2.75, 3.05) is 0 Å². The molecule has 0 fully saturated rings. The first-order valence-corrected chi connectivity index (χ1v) is 6.78. The van der Waals surface area contributed by atoms with Crippen LogP contribution in [0.4, 0.5) is 0 Å². The Labute approximate surface area is 111 Å². The Morgan fingerprint density at radius 2 is 1.94 bits per heavy atom. The SMILES string of the molecule is CC(C)c1ccc(OCc2sccc2C#N)cc1. The van der Waals surface area contributed by atoms with Crippen molar-refractivity contribution in [2.24, 2.45) is 0 Å². The smallest absolute Gasteiger partial charge is 0.124 e. The van der Waals surface area contributed by atoms with Gasteiger partial charge < -0.3 is 4.74 Å². The molecule has 92 valence electrons. The van der Waals surface area contributed by atoms with E-state index in [1.165, 1.54) is 5.56 Å². The molecular formula is C15H15NOS. The van der Waals surface area contributed by atoms with Crippen molar-refractivity contribution in [3.63, 3.8) is 0 Å². The van der Waals surface area contributed by atoms with Crippen LogP contribution >= 0.6 is 11.3 Å². The number of nitrogens with zero attached hydrogens (tertiary/aromatic N) is 1. The number of ether oxygens (including phenoxy) is 1. The van der Waals surface area contributed by atoms with E-state index in [1.54, 1.807) is 11.3 Å². The number of hydrogen-bond donors (Lipinski definition) is 0. The van der Waals surface area contributed by atoms with Gasteiger partial charge in [0.15, 0.2) is 0 Å². The van der Waals surface area contributed by atoms with E-state index < -0.39 is 0 Å². The molecule has 18 heavy (non-hydrogen) atoms. The molecule has 0 aliphatic heterocycles. The van der Waals surface area contributed by atoms with E-state index in [-0.39, 0.29) is 0 Å². The van der Waals surface area contributed by atoms with E-state index in [9.17, 15) is 0 Å². The van der Waals surface area contributed by atoms with Crippen LogP contribution in [0.1, 0.15) is 35.8 Å². The van der Waals surface area contributed by atoms with Crippen LogP contribution in [0.3, 0.4) is 0 Å². The van der Waals surface area contributed by atoms with Gasteiger partial charge in [0.05, 0.1) is 10.4 Å². The standard InChI is InChI=1S/C15H15NOS/c1-11(2)12-3-5-14(6-4-12)17-10-15-13(9-16)7-8-18-15/h3-8,11H,10H2,1-2H3. The monoisotopic (exact) mass is 257 g/mol. The lowest BCUT2D eigenvalue weighted by molar-refractivity contribution is 0.309. The van der Waals surface area contributed by atoms with Gasteiger partial charge in [0.25, 0.3) is 0 Å². The molecule has 2 nitrogen and oxygen atoms in total. The van der Waals surface area contributed by atoms with Crippen LogP contribution in [-0.2, 0) is 6.61 Å².